The molecule has 1 atom stereocenters. The van der Waals surface area contributed by atoms with Crippen molar-refractivity contribution in [3.8, 4) is 11.3 Å². The number of anilines is 1. The van der Waals surface area contributed by atoms with Crippen molar-refractivity contribution in [2.45, 2.75) is 26.3 Å². The van der Waals surface area contributed by atoms with Gasteiger partial charge in [-0.1, -0.05) is 6.92 Å². The molecule has 0 unspecified atom stereocenters. The first-order valence-electron chi connectivity index (χ1n) is 10.4. The maximum Gasteiger partial charge on any atom is 0.275 e. The number of pyridine rings is 1. The largest absolute Gasteiger partial charge is 0.396 e. The lowest BCUT2D eigenvalue weighted by atomic mass is 10.1. The molecule has 4 aromatic heterocycles. The number of nitrogens with zero attached hydrogens (tertiary/aromatic N) is 6. The SMILES string of the molecule is C[C@H](CCCO)Cn1c(NC(=O)c2ccnc(-c3c[nH]n(C)c3=O)c2)nc2cn(C)nc21. The Bertz CT molecular complexity index is 1310. The predicted octanol–water partition coefficient (Wildman–Crippen LogP) is 1.52. The van der Waals surface area contributed by atoms with Gasteiger partial charge in [0.1, 0.15) is 5.52 Å². The van der Waals surface area contributed by atoms with Crippen molar-refractivity contribution < 1.29 is 9.90 Å². The zero-order valence-corrected chi connectivity index (χ0v) is 18.2. The molecule has 0 saturated carbocycles. The van der Waals surface area contributed by atoms with Gasteiger partial charge in [-0.25, -0.2) is 4.98 Å². The number of amides is 1. The third kappa shape index (κ3) is 4.19. The predicted molar refractivity (Wildman–Crippen MR) is 119 cm³/mol. The molecule has 4 aromatic rings. The van der Waals surface area contributed by atoms with Gasteiger partial charge < -0.3 is 10.2 Å². The van der Waals surface area contributed by atoms with E-state index in [1.165, 1.54) is 10.9 Å². The lowest BCUT2D eigenvalue weighted by Crippen LogP contribution is -2.19. The average Bonchev–Trinajstić information content (AvgIpc) is 3.40. The van der Waals surface area contributed by atoms with Crippen LogP contribution < -0.4 is 10.9 Å². The summed E-state index contributed by atoms with van der Waals surface area (Å²) in [5, 5.41) is 19.3. The van der Waals surface area contributed by atoms with Gasteiger partial charge in [-0.15, -0.1) is 0 Å². The Balaban J connectivity index is 1.62. The standard InChI is InChI=1S/C21H26N8O3/c1-13(5-4-8-30)11-29-18-17(12-27(2)26-18)24-21(29)25-19(31)14-6-7-22-16(9-14)15-10-23-28(3)20(15)32/h6-7,9-10,12-13,23,30H,4-5,8,11H2,1-3H3,(H,24,25,31)/t13-/m1/s1. The normalized spacial score (nSPS) is 12.4. The van der Waals surface area contributed by atoms with Crippen molar-refractivity contribution in [1.29, 1.82) is 0 Å². The Kier molecular flexibility index (Phi) is 5.91. The number of hydrogen-bond donors (Lipinski definition) is 3. The zero-order chi connectivity index (χ0) is 22.8. The molecule has 4 heterocycles. The fourth-order valence-corrected chi connectivity index (χ4v) is 3.66. The number of carbonyl (C=O) groups excluding carboxylic acids is 1. The van der Waals surface area contributed by atoms with Crippen LogP contribution in [0.4, 0.5) is 5.95 Å². The van der Waals surface area contributed by atoms with Crippen molar-refractivity contribution in [2.24, 2.45) is 20.0 Å². The number of nitrogens with one attached hydrogen (secondary N) is 2. The fourth-order valence-electron chi connectivity index (χ4n) is 3.66. The summed E-state index contributed by atoms with van der Waals surface area (Å²) in [6.07, 6.45) is 6.41. The highest BCUT2D eigenvalue weighted by atomic mass is 16.3. The van der Waals surface area contributed by atoms with E-state index in [2.05, 4.69) is 32.4 Å². The van der Waals surface area contributed by atoms with Crippen LogP contribution in [-0.2, 0) is 20.6 Å². The van der Waals surface area contributed by atoms with Gasteiger partial charge in [0.05, 0.1) is 17.5 Å². The number of aromatic nitrogens is 7. The van der Waals surface area contributed by atoms with Gasteiger partial charge in [0.25, 0.3) is 11.5 Å². The third-order valence-electron chi connectivity index (χ3n) is 5.34. The number of H-pyrrole nitrogens is 1. The highest BCUT2D eigenvalue weighted by molar-refractivity contribution is 6.04. The van der Waals surface area contributed by atoms with Crippen LogP contribution in [0.2, 0.25) is 0 Å². The molecule has 168 valence electrons. The van der Waals surface area contributed by atoms with Crippen LogP contribution in [0.15, 0.2) is 35.5 Å². The van der Waals surface area contributed by atoms with E-state index in [0.29, 0.717) is 46.9 Å². The summed E-state index contributed by atoms with van der Waals surface area (Å²) < 4.78 is 4.92. The van der Waals surface area contributed by atoms with Crippen LogP contribution in [0.5, 0.6) is 0 Å². The maximum absolute atomic E-state index is 13.0. The van der Waals surface area contributed by atoms with Crippen LogP contribution in [0.25, 0.3) is 22.4 Å². The molecule has 11 nitrogen and oxygen atoms in total. The van der Waals surface area contributed by atoms with Crippen LogP contribution in [0.3, 0.4) is 0 Å². The molecule has 0 aliphatic carbocycles. The summed E-state index contributed by atoms with van der Waals surface area (Å²) in [6, 6.07) is 3.17. The second kappa shape index (κ2) is 8.79. The number of imidazole rings is 1. The molecule has 4 rings (SSSR count). The summed E-state index contributed by atoms with van der Waals surface area (Å²) in [5.41, 5.74) is 2.30. The van der Waals surface area contributed by atoms with Crippen LogP contribution in [-0.4, -0.2) is 51.7 Å². The molecule has 0 aliphatic heterocycles. The lowest BCUT2D eigenvalue weighted by Gasteiger charge is -2.14. The first kappa shape index (κ1) is 21.5. The lowest BCUT2D eigenvalue weighted by molar-refractivity contribution is 0.102. The molecule has 32 heavy (non-hydrogen) atoms. The quantitative estimate of drug-likeness (QED) is 0.382. The topological polar surface area (TPSA) is 136 Å². The first-order valence-corrected chi connectivity index (χ1v) is 10.4. The number of aliphatic hydroxyl groups excluding tert-OH is 1. The summed E-state index contributed by atoms with van der Waals surface area (Å²) in [6.45, 7) is 2.83. The van der Waals surface area contributed by atoms with E-state index in [4.69, 9.17) is 5.11 Å². The molecule has 0 aliphatic rings. The van der Waals surface area contributed by atoms with Crippen LogP contribution in [0, 0.1) is 5.92 Å². The van der Waals surface area contributed by atoms with Crippen molar-refractivity contribution in [3.63, 3.8) is 0 Å². The summed E-state index contributed by atoms with van der Waals surface area (Å²) in [4.78, 5) is 34.0. The Morgan fingerprint density at radius 1 is 1.34 bits per heavy atom. The number of fused-ring (bicyclic) bond motifs is 1. The van der Waals surface area contributed by atoms with E-state index in [0.717, 1.165) is 6.42 Å². The van der Waals surface area contributed by atoms with E-state index in [1.807, 2.05) is 11.6 Å². The molecule has 1 amide bonds. The monoisotopic (exact) mass is 438 g/mol. The van der Waals surface area contributed by atoms with Gasteiger partial charge in [0, 0.05) is 45.2 Å². The first-order chi connectivity index (χ1) is 15.4. The molecular formula is C21H26N8O3. The van der Waals surface area contributed by atoms with Gasteiger partial charge in [0.2, 0.25) is 5.95 Å². The minimum absolute atomic E-state index is 0.144. The average molecular weight is 438 g/mol. The molecule has 0 fully saturated rings. The molecule has 0 radical (unpaired) electrons. The van der Waals surface area contributed by atoms with Crippen molar-refractivity contribution in [1.82, 2.24) is 34.1 Å². The van der Waals surface area contributed by atoms with Gasteiger partial charge >= 0.3 is 0 Å². The molecule has 0 aromatic carbocycles. The van der Waals surface area contributed by atoms with Crippen molar-refractivity contribution >= 4 is 23.0 Å². The maximum atomic E-state index is 13.0. The molecule has 3 N–H and O–H groups in total. The summed E-state index contributed by atoms with van der Waals surface area (Å²) >= 11 is 0. The third-order valence-corrected chi connectivity index (χ3v) is 5.34. The Morgan fingerprint density at radius 2 is 2.16 bits per heavy atom. The number of rotatable bonds is 8. The fraction of sp³-hybridized carbons (Fsp3) is 0.381. The second-order valence-corrected chi connectivity index (χ2v) is 7.96. The smallest absolute Gasteiger partial charge is 0.275 e. The van der Waals surface area contributed by atoms with E-state index >= 15 is 0 Å². The number of aryl methyl sites for hydroxylation is 2. The van der Waals surface area contributed by atoms with E-state index in [9.17, 15) is 9.59 Å². The van der Waals surface area contributed by atoms with E-state index in [1.54, 1.807) is 36.3 Å². The molecular weight excluding hydrogens is 412 g/mol. The highest BCUT2D eigenvalue weighted by Gasteiger charge is 2.19. The molecule has 11 heteroatoms. The van der Waals surface area contributed by atoms with E-state index < -0.39 is 0 Å². The van der Waals surface area contributed by atoms with Crippen LogP contribution in [0.1, 0.15) is 30.1 Å². The Labute approximate surface area is 183 Å². The van der Waals surface area contributed by atoms with Gasteiger partial charge in [-0.2, -0.15) is 5.10 Å². The number of carbonyl (C=O) groups is 1. The van der Waals surface area contributed by atoms with Crippen molar-refractivity contribution in [3.05, 3.63) is 46.6 Å². The summed E-state index contributed by atoms with van der Waals surface area (Å²) in [7, 11) is 3.44. The Morgan fingerprint density at radius 3 is 2.88 bits per heavy atom. The number of aromatic amines is 1. The van der Waals surface area contributed by atoms with E-state index in [-0.39, 0.29) is 24.0 Å². The van der Waals surface area contributed by atoms with Gasteiger partial charge in [-0.05, 0) is 30.9 Å². The minimum Gasteiger partial charge on any atom is -0.396 e. The number of aliphatic hydroxyl groups is 1. The van der Waals surface area contributed by atoms with Gasteiger partial charge in [-0.3, -0.25) is 33.8 Å². The number of hydrogen-bond acceptors (Lipinski definition) is 6. The molecule has 0 bridgehead atoms. The molecule has 0 spiro atoms. The zero-order valence-electron chi connectivity index (χ0n) is 18.2. The summed E-state index contributed by atoms with van der Waals surface area (Å²) in [5.74, 6) is 0.303. The highest BCUT2D eigenvalue weighted by Crippen LogP contribution is 2.22. The van der Waals surface area contributed by atoms with Crippen molar-refractivity contribution in [2.75, 3.05) is 11.9 Å². The van der Waals surface area contributed by atoms with Crippen LogP contribution >= 0.6 is 0 Å². The Hall–Kier alpha value is -3.73. The molecule has 0 saturated heterocycles. The van der Waals surface area contributed by atoms with Gasteiger partial charge in [0.15, 0.2) is 5.65 Å². The second-order valence-electron chi connectivity index (χ2n) is 7.96. The minimum atomic E-state index is -0.359.